The minimum atomic E-state index is 0.362. The lowest BCUT2D eigenvalue weighted by atomic mass is 9.88. The van der Waals surface area contributed by atoms with Crippen molar-refractivity contribution in [3.8, 4) is 5.75 Å². The summed E-state index contributed by atoms with van der Waals surface area (Å²) in [6.45, 7) is 4.22. The number of aryl methyl sites for hydroxylation is 1. The Hall–Kier alpha value is -1.31. The van der Waals surface area contributed by atoms with Crippen molar-refractivity contribution in [3.05, 3.63) is 29.3 Å². The first-order chi connectivity index (χ1) is 8.16. The van der Waals surface area contributed by atoms with Crippen molar-refractivity contribution < 1.29 is 5.11 Å². The van der Waals surface area contributed by atoms with Crippen LogP contribution in [0.4, 0.5) is 0 Å². The largest absolute Gasteiger partial charge is 0.507 e. The molecule has 0 unspecified atom stereocenters. The first-order valence-corrected chi connectivity index (χ1v) is 6.48. The summed E-state index contributed by atoms with van der Waals surface area (Å²) in [5.74, 6) is 1.22. The molecular weight excluding hydrogens is 210 g/mol. The molecule has 0 saturated heterocycles. The lowest BCUT2D eigenvalue weighted by Gasteiger charge is -2.22. The molecule has 0 amide bonds. The number of aliphatic imine (C=N–C) groups is 1. The van der Waals surface area contributed by atoms with E-state index in [0.29, 0.717) is 11.8 Å². The minimum Gasteiger partial charge on any atom is -0.507 e. The van der Waals surface area contributed by atoms with Crippen LogP contribution in [0.1, 0.15) is 43.7 Å². The van der Waals surface area contributed by atoms with E-state index < -0.39 is 0 Å². The number of phenolic OH excluding ortho intramolecular Hbond substituents is 1. The average molecular weight is 231 g/mol. The first kappa shape index (κ1) is 12.2. The predicted molar refractivity (Wildman–Crippen MR) is 71.9 cm³/mol. The fourth-order valence-electron chi connectivity index (χ4n) is 2.36. The maximum atomic E-state index is 9.88. The van der Waals surface area contributed by atoms with E-state index in [0.717, 1.165) is 17.0 Å². The second-order valence-corrected chi connectivity index (χ2v) is 5.20. The van der Waals surface area contributed by atoms with Crippen LogP contribution in [-0.2, 0) is 0 Å². The van der Waals surface area contributed by atoms with E-state index in [2.05, 4.69) is 11.9 Å². The maximum absolute atomic E-state index is 9.88. The zero-order chi connectivity index (χ0) is 12.3. The van der Waals surface area contributed by atoms with E-state index in [-0.39, 0.29) is 0 Å². The van der Waals surface area contributed by atoms with E-state index in [9.17, 15) is 5.11 Å². The van der Waals surface area contributed by atoms with Crippen LogP contribution in [0.5, 0.6) is 5.75 Å². The Bertz CT molecular complexity index is 403. The Balaban J connectivity index is 2.03. The van der Waals surface area contributed by atoms with E-state index in [1.54, 1.807) is 0 Å². The van der Waals surface area contributed by atoms with Gasteiger partial charge >= 0.3 is 0 Å². The third-order valence-electron chi connectivity index (χ3n) is 3.68. The van der Waals surface area contributed by atoms with Crippen molar-refractivity contribution in [3.63, 3.8) is 0 Å². The highest BCUT2D eigenvalue weighted by Gasteiger charge is 2.16. The van der Waals surface area contributed by atoms with Gasteiger partial charge < -0.3 is 5.11 Å². The molecule has 2 heteroatoms. The van der Waals surface area contributed by atoms with Crippen molar-refractivity contribution in [2.75, 3.05) is 0 Å². The van der Waals surface area contributed by atoms with E-state index in [4.69, 9.17) is 0 Å². The minimum absolute atomic E-state index is 0.362. The highest BCUT2D eigenvalue weighted by molar-refractivity contribution is 5.84. The summed E-state index contributed by atoms with van der Waals surface area (Å²) in [6.07, 6.45) is 6.76. The SMILES string of the molecule is Cc1cccc(C=NC2CCC(C)CC2)c1O. The van der Waals surface area contributed by atoms with Gasteiger partial charge in [-0.25, -0.2) is 0 Å². The van der Waals surface area contributed by atoms with Gasteiger partial charge in [0.05, 0.1) is 0 Å². The Morgan fingerprint density at radius 1 is 1.24 bits per heavy atom. The molecule has 1 aromatic rings. The number of hydrogen-bond donors (Lipinski definition) is 1. The zero-order valence-corrected chi connectivity index (χ0v) is 10.7. The highest BCUT2D eigenvalue weighted by atomic mass is 16.3. The molecule has 0 radical (unpaired) electrons. The summed E-state index contributed by atoms with van der Waals surface area (Å²) in [4.78, 5) is 4.60. The Kier molecular flexibility index (Phi) is 3.82. The summed E-state index contributed by atoms with van der Waals surface area (Å²) in [6, 6.07) is 6.23. The third kappa shape index (κ3) is 3.09. The zero-order valence-electron chi connectivity index (χ0n) is 10.7. The fourth-order valence-corrected chi connectivity index (χ4v) is 2.36. The van der Waals surface area contributed by atoms with Crippen LogP contribution in [0.3, 0.4) is 0 Å². The molecule has 1 aliphatic rings. The molecule has 2 nitrogen and oxygen atoms in total. The van der Waals surface area contributed by atoms with E-state index in [1.165, 1.54) is 25.7 Å². The molecule has 0 bridgehead atoms. The maximum Gasteiger partial charge on any atom is 0.127 e. The van der Waals surface area contributed by atoms with Crippen molar-refractivity contribution in [2.24, 2.45) is 10.9 Å². The first-order valence-electron chi connectivity index (χ1n) is 6.48. The van der Waals surface area contributed by atoms with Crippen molar-refractivity contribution >= 4 is 6.21 Å². The summed E-state index contributed by atoms with van der Waals surface area (Å²) < 4.78 is 0. The molecule has 1 aliphatic carbocycles. The van der Waals surface area contributed by atoms with Gasteiger partial charge in [0.2, 0.25) is 0 Å². The van der Waals surface area contributed by atoms with Gasteiger partial charge in [-0.1, -0.05) is 19.1 Å². The summed E-state index contributed by atoms with van der Waals surface area (Å²) in [5.41, 5.74) is 1.75. The molecule has 0 atom stereocenters. The van der Waals surface area contributed by atoms with Crippen LogP contribution in [0, 0.1) is 12.8 Å². The third-order valence-corrected chi connectivity index (χ3v) is 3.68. The van der Waals surface area contributed by atoms with E-state index >= 15 is 0 Å². The number of rotatable bonds is 2. The monoisotopic (exact) mass is 231 g/mol. The van der Waals surface area contributed by atoms with Crippen LogP contribution < -0.4 is 0 Å². The number of para-hydroxylation sites is 1. The van der Waals surface area contributed by atoms with E-state index in [1.807, 2.05) is 31.3 Å². The van der Waals surface area contributed by atoms with Crippen LogP contribution >= 0.6 is 0 Å². The molecule has 17 heavy (non-hydrogen) atoms. The Labute approximate surface area is 103 Å². The van der Waals surface area contributed by atoms with Crippen LogP contribution in [0.25, 0.3) is 0 Å². The molecular formula is C15H21NO. The molecule has 1 fully saturated rings. The van der Waals surface area contributed by atoms with Gasteiger partial charge in [0.15, 0.2) is 0 Å². The van der Waals surface area contributed by atoms with Crippen LogP contribution in [-0.4, -0.2) is 17.4 Å². The Morgan fingerprint density at radius 3 is 2.65 bits per heavy atom. The summed E-state index contributed by atoms with van der Waals surface area (Å²) in [5, 5.41) is 9.88. The van der Waals surface area contributed by atoms with Gasteiger partial charge in [0.1, 0.15) is 5.75 Å². The summed E-state index contributed by atoms with van der Waals surface area (Å²) in [7, 11) is 0. The summed E-state index contributed by atoms with van der Waals surface area (Å²) >= 11 is 0. The number of nitrogens with zero attached hydrogens (tertiary/aromatic N) is 1. The van der Waals surface area contributed by atoms with Crippen molar-refractivity contribution in [1.82, 2.24) is 0 Å². The predicted octanol–water partition coefficient (Wildman–Crippen LogP) is 3.70. The number of hydrogen-bond acceptors (Lipinski definition) is 2. The molecule has 1 aromatic carbocycles. The van der Waals surface area contributed by atoms with Gasteiger partial charge in [-0.05, 0) is 50.2 Å². The fraction of sp³-hybridized carbons (Fsp3) is 0.533. The molecule has 0 aliphatic heterocycles. The van der Waals surface area contributed by atoms with Crippen molar-refractivity contribution in [2.45, 2.75) is 45.6 Å². The molecule has 1 N–H and O–H groups in total. The highest BCUT2D eigenvalue weighted by Crippen LogP contribution is 2.26. The van der Waals surface area contributed by atoms with Gasteiger partial charge in [-0.3, -0.25) is 4.99 Å². The van der Waals surface area contributed by atoms with Crippen LogP contribution in [0.15, 0.2) is 23.2 Å². The number of phenols is 1. The second-order valence-electron chi connectivity index (χ2n) is 5.20. The lowest BCUT2D eigenvalue weighted by Crippen LogP contribution is -2.15. The van der Waals surface area contributed by atoms with Gasteiger partial charge in [0.25, 0.3) is 0 Å². The Morgan fingerprint density at radius 2 is 1.94 bits per heavy atom. The quantitative estimate of drug-likeness (QED) is 0.773. The molecule has 1 saturated carbocycles. The average Bonchev–Trinajstić information content (AvgIpc) is 2.33. The smallest absolute Gasteiger partial charge is 0.127 e. The molecule has 0 spiro atoms. The van der Waals surface area contributed by atoms with Gasteiger partial charge in [-0.15, -0.1) is 0 Å². The normalized spacial score (nSPS) is 25.3. The number of aromatic hydroxyl groups is 1. The molecule has 0 aromatic heterocycles. The standard InChI is InChI=1S/C15H21NO/c1-11-6-8-14(9-7-11)16-10-13-5-3-4-12(2)15(13)17/h3-5,10-11,14,17H,6-9H2,1-2H3. The van der Waals surface area contributed by atoms with Gasteiger partial charge in [0, 0.05) is 17.8 Å². The molecule has 0 heterocycles. The van der Waals surface area contributed by atoms with Crippen LogP contribution in [0.2, 0.25) is 0 Å². The molecule has 92 valence electrons. The molecule has 2 rings (SSSR count). The lowest BCUT2D eigenvalue weighted by molar-refractivity contribution is 0.350. The van der Waals surface area contributed by atoms with Gasteiger partial charge in [-0.2, -0.15) is 0 Å². The number of benzene rings is 1. The topological polar surface area (TPSA) is 32.6 Å². The van der Waals surface area contributed by atoms with Crippen molar-refractivity contribution in [1.29, 1.82) is 0 Å². The second kappa shape index (κ2) is 5.35.